The molecule has 2 aromatic carbocycles. The van der Waals surface area contributed by atoms with Crippen LogP contribution >= 0.6 is 23.2 Å². The van der Waals surface area contributed by atoms with Gasteiger partial charge in [-0.3, -0.25) is 9.78 Å². The monoisotopic (exact) mass is 674 g/mol. The Balaban J connectivity index is 1.61. The van der Waals surface area contributed by atoms with Crippen molar-refractivity contribution in [2.75, 3.05) is 34.4 Å². The topological polar surface area (TPSA) is 113 Å². The van der Waals surface area contributed by atoms with Crippen LogP contribution in [0.25, 0.3) is 0 Å². The molecule has 238 valence electrons. The Bertz CT molecular complexity index is 1570. The molecule has 0 unspecified atom stereocenters. The number of halogens is 4. The predicted molar refractivity (Wildman–Crippen MR) is 157 cm³/mol. The van der Waals surface area contributed by atoms with Crippen molar-refractivity contribution < 1.29 is 45.7 Å². The van der Waals surface area contributed by atoms with Crippen molar-refractivity contribution in [3.8, 4) is 23.0 Å². The summed E-state index contributed by atoms with van der Waals surface area (Å²) in [6, 6.07) is 8.19. The van der Waals surface area contributed by atoms with Gasteiger partial charge in [-0.25, -0.2) is 8.42 Å². The number of hydrogen-bond acceptors (Lipinski definition) is 9. The lowest BCUT2D eigenvalue weighted by Crippen LogP contribution is -2.33. The van der Waals surface area contributed by atoms with Gasteiger partial charge in [0.05, 0.1) is 35.8 Å². The van der Waals surface area contributed by atoms with E-state index in [0.717, 1.165) is 17.1 Å². The Morgan fingerprint density at radius 3 is 2.27 bits per heavy atom. The lowest BCUT2D eigenvalue weighted by Gasteiger charge is -2.23. The highest BCUT2D eigenvalue weighted by Gasteiger charge is 2.29. The maximum atomic E-state index is 13.3. The number of aromatic nitrogens is 1. The fraction of sp³-hybridized carbons (Fsp3) is 0.379. The Morgan fingerprint density at radius 2 is 1.66 bits per heavy atom. The number of hydrogen-bond donors (Lipinski definition) is 0. The molecule has 1 saturated carbocycles. The molecule has 1 aliphatic carbocycles. The third-order valence-corrected chi connectivity index (χ3v) is 9.21. The van der Waals surface area contributed by atoms with Gasteiger partial charge in [0.15, 0.2) is 23.0 Å². The Kier molecular flexibility index (Phi) is 11.1. The molecule has 3 aromatic rings. The quantitative estimate of drug-likeness (QED) is 0.181. The Labute approximate surface area is 263 Å². The maximum Gasteiger partial charge on any atom is 0.387 e. The SMILES string of the molecule is COc1ccc(S(=O)(=O)N(C)CC(=O)O[C@@H](Cc2c(Cl)cncc2Cl)c2ccc(OC(F)F)c(OCC3CC3)c2)cc1OC. The second-order valence-corrected chi connectivity index (χ2v) is 12.7. The normalized spacial score (nSPS) is 13.9. The molecule has 1 aliphatic rings. The lowest BCUT2D eigenvalue weighted by atomic mass is 10.0. The van der Waals surface area contributed by atoms with E-state index in [1.54, 1.807) is 0 Å². The van der Waals surface area contributed by atoms with Crippen LogP contribution in [0.5, 0.6) is 23.0 Å². The number of alkyl halides is 2. The van der Waals surface area contributed by atoms with E-state index in [4.69, 9.17) is 42.1 Å². The van der Waals surface area contributed by atoms with E-state index in [9.17, 15) is 22.0 Å². The second-order valence-electron chi connectivity index (χ2n) is 9.88. The molecule has 1 atom stereocenters. The van der Waals surface area contributed by atoms with E-state index >= 15 is 0 Å². The van der Waals surface area contributed by atoms with E-state index in [1.807, 2.05) is 0 Å². The standard InChI is InChI=1S/C29H30Cl2F2N2O8S/c1-35(44(37,38)19-7-9-23(39-2)26(11-19)40-3)15-28(36)42-25(12-20-21(30)13-34-14-22(20)31)18-6-8-24(43-29(32)33)27(10-18)41-16-17-4-5-17/h6-11,13-14,17,25,29H,4-5,12,15-16H2,1-3H3/t25-/m0/s1. The average Bonchev–Trinajstić information content (AvgIpc) is 3.82. The molecule has 10 nitrogen and oxygen atoms in total. The molecule has 1 aromatic heterocycles. The summed E-state index contributed by atoms with van der Waals surface area (Å²) in [6.45, 7) is -3.45. The van der Waals surface area contributed by atoms with Crippen molar-refractivity contribution in [2.45, 2.75) is 36.9 Å². The predicted octanol–water partition coefficient (Wildman–Crippen LogP) is 5.94. The van der Waals surface area contributed by atoms with Gasteiger partial charge in [0.2, 0.25) is 10.0 Å². The van der Waals surface area contributed by atoms with Gasteiger partial charge in [0.1, 0.15) is 12.6 Å². The molecule has 0 radical (unpaired) electrons. The highest BCUT2D eigenvalue weighted by molar-refractivity contribution is 7.89. The number of carbonyl (C=O) groups is 1. The van der Waals surface area contributed by atoms with E-state index in [1.165, 1.54) is 70.1 Å². The van der Waals surface area contributed by atoms with Gasteiger partial charge in [-0.15, -0.1) is 0 Å². The number of sulfonamides is 1. The van der Waals surface area contributed by atoms with E-state index < -0.39 is 35.3 Å². The van der Waals surface area contributed by atoms with Gasteiger partial charge >= 0.3 is 12.6 Å². The van der Waals surface area contributed by atoms with Crippen LogP contribution in [0, 0.1) is 5.92 Å². The number of likely N-dealkylation sites (N-methyl/N-ethyl adjacent to an activating group) is 1. The summed E-state index contributed by atoms with van der Waals surface area (Å²) >= 11 is 12.7. The minimum Gasteiger partial charge on any atom is -0.493 e. The number of rotatable bonds is 15. The van der Waals surface area contributed by atoms with Gasteiger partial charge in [-0.1, -0.05) is 29.3 Å². The molecule has 0 aliphatic heterocycles. The summed E-state index contributed by atoms with van der Waals surface area (Å²) in [6.07, 6.45) is 3.54. The summed E-state index contributed by atoms with van der Waals surface area (Å²) < 4.78 is 80.1. The van der Waals surface area contributed by atoms with Crippen molar-refractivity contribution >= 4 is 39.2 Å². The smallest absolute Gasteiger partial charge is 0.387 e. The first-order chi connectivity index (χ1) is 20.9. The van der Waals surface area contributed by atoms with Crippen molar-refractivity contribution in [1.82, 2.24) is 9.29 Å². The van der Waals surface area contributed by atoms with Crippen molar-refractivity contribution in [3.63, 3.8) is 0 Å². The highest BCUT2D eigenvalue weighted by atomic mass is 35.5. The molecular formula is C29H30Cl2F2N2O8S. The molecule has 0 spiro atoms. The van der Waals surface area contributed by atoms with Crippen LogP contribution in [0.4, 0.5) is 8.78 Å². The number of carbonyl (C=O) groups excluding carboxylic acids is 1. The fourth-order valence-electron chi connectivity index (χ4n) is 4.19. The van der Waals surface area contributed by atoms with Crippen molar-refractivity contribution in [2.24, 2.45) is 5.92 Å². The summed E-state index contributed by atoms with van der Waals surface area (Å²) in [5.41, 5.74) is 0.751. The first-order valence-electron chi connectivity index (χ1n) is 13.3. The van der Waals surface area contributed by atoms with Crippen LogP contribution in [-0.2, 0) is 26.0 Å². The largest absolute Gasteiger partial charge is 0.493 e. The van der Waals surface area contributed by atoms with Crippen LogP contribution in [0.3, 0.4) is 0 Å². The zero-order chi connectivity index (χ0) is 32.0. The summed E-state index contributed by atoms with van der Waals surface area (Å²) in [5, 5.41) is 0.407. The molecule has 44 heavy (non-hydrogen) atoms. The van der Waals surface area contributed by atoms with Gasteiger partial charge in [-0.05, 0) is 54.2 Å². The number of nitrogens with zero attached hydrogens (tertiary/aromatic N) is 2. The minimum absolute atomic E-state index is 0.0378. The fourth-order valence-corrected chi connectivity index (χ4v) is 5.84. The number of esters is 1. The summed E-state index contributed by atoms with van der Waals surface area (Å²) in [7, 11) is -0.156. The zero-order valence-electron chi connectivity index (χ0n) is 24.0. The third kappa shape index (κ3) is 8.40. The second kappa shape index (κ2) is 14.6. The molecule has 0 amide bonds. The van der Waals surface area contributed by atoms with Crippen LogP contribution in [0.2, 0.25) is 10.0 Å². The first kappa shape index (κ1) is 33.5. The van der Waals surface area contributed by atoms with Gasteiger partial charge in [0, 0.05) is 31.9 Å². The van der Waals surface area contributed by atoms with Crippen LogP contribution < -0.4 is 18.9 Å². The lowest BCUT2D eigenvalue weighted by molar-refractivity contribution is -0.149. The molecular weight excluding hydrogens is 645 g/mol. The van der Waals surface area contributed by atoms with E-state index in [0.29, 0.717) is 29.4 Å². The molecule has 1 fully saturated rings. The number of methoxy groups -OCH3 is 2. The minimum atomic E-state index is -4.16. The number of benzene rings is 2. The Hall–Kier alpha value is -3.39. The van der Waals surface area contributed by atoms with Crippen LogP contribution in [-0.4, -0.2) is 64.7 Å². The van der Waals surface area contributed by atoms with E-state index in [2.05, 4.69) is 9.72 Å². The summed E-state index contributed by atoms with van der Waals surface area (Å²) in [4.78, 5) is 17.0. The zero-order valence-corrected chi connectivity index (χ0v) is 26.3. The first-order valence-corrected chi connectivity index (χ1v) is 15.5. The Morgan fingerprint density at radius 1 is 1.00 bits per heavy atom. The summed E-state index contributed by atoms with van der Waals surface area (Å²) in [5.74, 6) is -0.226. The third-order valence-electron chi connectivity index (χ3n) is 6.76. The van der Waals surface area contributed by atoms with E-state index in [-0.39, 0.29) is 38.6 Å². The van der Waals surface area contributed by atoms with Crippen molar-refractivity contribution in [3.05, 3.63) is 70.0 Å². The van der Waals surface area contributed by atoms with Gasteiger partial charge < -0.3 is 23.7 Å². The molecule has 1 heterocycles. The van der Waals surface area contributed by atoms with Crippen LogP contribution in [0.1, 0.15) is 30.1 Å². The molecule has 0 N–H and O–H groups in total. The maximum absolute atomic E-state index is 13.3. The molecule has 15 heteroatoms. The van der Waals surface area contributed by atoms with Gasteiger partial charge in [0.25, 0.3) is 0 Å². The molecule has 0 saturated heterocycles. The highest BCUT2D eigenvalue weighted by Crippen LogP contribution is 2.38. The van der Waals surface area contributed by atoms with Crippen molar-refractivity contribution in [1.29, 1.82) is 0 Å². The molecule has 0 bridgehead atoms. The van der Waals surface area contributed by atoms with Crippen LogP contribution in [0.15, 0.2) is 53.7 Å². The number of ether oxygens (including phenoxy) is 5. The van der Waals surface area contributed by atoms with Gasteiger partial charge in [-0.2, -0.15) is 13.1 Å². The average molecular weight is 676 g/mol. The number of pyridine rings is 1. The molecule has 4 rings (SSSR count).